The lowest BCUT2D eigenvalue weighted by molar-refractivity contribution is -0.915. The second-order valence-electron chi connectivity index (χ2n) is 7.74. The summed E-state index contributed by atoms with van der Waals surface area (Å²) in [6, 6.07) is 16.1. The summed E-state index contributed by atoms with van der Waals surface area (Å²) in [6.45, 7) is 6.62. The first-order valence-electron chi connectivity index (χ1n) is 10.2. The van der Waals surface area contributed by atoms with Crippen molar-refractivity contribution in [3.05, 3.63) is 93.8 Å². The molecule has 0 aliphatic carbocycles. The highest BCUT2D eigenvalue weighted by Crippen LogP contribution is 2.15. The van der Waals surface area contributed by atoms with Crippen LogP contribution in [-0.4, -0.2) is 26.2 Å². The Kier molecular flexibility index (Phi) is 6.14. The van der Waals surface area contributed by atoms with E-state index in [2.05, 4.69) is 4.90 Å². The van der Waals surface area contributed by atoms with Gasteiger partial charge in [0.1, 0.15) is 25.2 Å². The quantitative estimate of drug-likeness (QED) is 0.680. The monoisotopic (exact) mass is 409 g/mol. The lowest BCUT2D eigenvalue weighted by Crippen LogP contribution is -3.13. The first-order chi connectivity index (χ1) is 14.6. The van der Waals surface area contributed by atoms with E-state index in [-0.39, 0.29) is 17.0 Å². The van der Waals surface area contributed by atoms with Crippen LogP contribution in [0.15, 0.2) is 70.1 Å². The van der Waals surface area contributed by atoms with E-state index in [1.54, 1.807) is 0 Å². The van der Waals surface area contributed by atoms with Gasteiger partial charge in [-0.15, -0.1) is 0 Å². The Hall–Kier alpha value is -3.12. The van der Waals surface area contributed by atoms with Gasteiger partial charge >= 0.3 is 0 Å². The molecule has 1 N–H and O–H groups in total. The van der Waals surface area contributed by atoms with Crippen molar-refractivity contribution in [1.29, 1.82) is 0 Å². The van der Waals surface area contributed by atoms with Crippen molar-refractivity contribution in [2.75, 3.05) is 31.1 Å². The fourth-order valence-corrected chi connectivity index (χ4v) is 3.76. The minimum absolute atomic E-state index is 0.159. The zero-order chi connectivity index (χ0) is 20.9. The summed E-state index contributed by atoms with van der Waals surface area (Å²) in [5, 5.41) is 0. The van der Waals surface area contributed by atoms with Crippen LogP contribution < -0.4 is 20.0 Å². The molecule has 30 heavy (non-hydrogen) atoms. The van der Waals surface area contributed by atoms with Crippen LogP contribution >= 0.6 is 0 Å². The Morgan fingerprint density at radius 1 is 1.10 bits per heavy atom. The predicted octanol–water partition coefficient (Wildman–Crippen LogP) is 2.57. The van der Waals surface area contributed by atoms with E-state index in [0.717, 1.165) is 43.0 Å². The maximum Gasteiger partial charge on any atom is 0.227 e. The molecule has 1 aliphatic rings. The molecule has 4 rings (SSSR count). The summed E-state index contributed by atoms with van der Waals surface area (Å²) in [6.07, 6.45) is 1.42. The summed E-state index contributed by atoms with van der Waals surface area (Å²) in [4.78, 5) is 16.0. The van der Waals surface area contributed by atoms with Gasteiger partial charge in [0.25, 0.3) is 0 Å². The van der Waals surface area contributed by atoms with Crippen molar-refractivity contribution in [3.8, 4) is 5.75 Å². The maximum absolute atomic E-state index is 13.1. The second kappa shape index (κ2) is 9.13. The van der Waals surface area contributed by atoms with E-state index < -0.39 is 0 Å². The van der Waals surface area contributed by atoms with E-state index >= 15 is 0 Å². The molecule has 0 spiro atoms. The van der Waals surface area contributed by atoms with Crippen molar-refractivity contribution in [1.82, 2.24) is 0 Å². The number of ether oxygens (including phenoxy) is 1. The Morgan fingerprint density at radius 2 is 1.87 bits per heavy atom. The number of anilines is 1. The van der Waals surface area contributed by atoms with Gasteiger partial charge in [-0.1, -0.05) is 29.8 Å². The normalized spacial score (nSPS) is 14.7. The molecule has 0 bridgehead atoms. The summed E-state index contributed by atoms with van der Waals surface area (Å²) < 4.78 is 24.4. The van der Waals surface area contributed by atoms with Crippen molar-refractivity contribution in [2.24, 2.45) is 0 Å². The lowest BCUT2D eigenvalue weighted by Gasteiger charge is -2.33. The number of aryl methyl sites for hydroxylation is 1. The summed E-state index contributed by atoms with van der Waals surface area (Å²) in [5.74, 6) is 0.675. The smallest absolute Gasteiger partial charge is 0.227 e. The molecule has 3 aromatic rings. The van der Waals surface area contributed by atoms with Crippen LogP contribution in [0.2, 0.25) is 0 Å². The predicted molar refractivity (Wildman–Crippen MR) is 114 cm³/mol. The van der Waals surface area contributed by atoms with E-state index in [1.807, 2.05) is 43.3 Å². The number of hydrogen-bond donors (Lipinski definition) is 1. The highest BCUT2D eigenvalue weighted by molar-refractivity contribution is 5.46. The van der Waals surface area contributed by atoms with Gasteiger partial charge in [-0.05, 0) is 36.8 Å². The van der Waals surface area contributed by atoms with Crippen molar-refractivity contribution >= 4 is 5.69 Å². The van der Waals surface area contributed by atoms with Gasteiger partial charge in [-0.2, -0.15) is 0 Å². The molecule has 0 unspecified atom stereocenters. The Morgan fingerprint density at radius 3 is 2.57 bits per heavy atom. The van der Waals surface area contributed by atoms with Crippen molar-refractivity contribution < 1.29 is 18.4 Å². The Balaban J connectivity index is 1.30. The van der Waals surface area contributed by atoms with E-state index in [4.69, 9.17) is 9.15 Å². The molecule has 0 atom stereocenters. The minimum atomic E-state index is -0.218. The second-order valence-corrected chi connectivity index (χ2v) is 7.74. The summed E-state index contributed by atoms with van der Waals surface area (Å²) in [5.41, 5.74) is 3.05. The molecule has 1 aliphatic heterocycles. The van der Waals surface area contributed by atoms with Crippen LogP contribution in [0.5, 0.6) is 5.75 Å². The molecule has 0 saturated carbocycles. The molecular formula is C24H26FN2O3+. The van der Waals surface area contributed by atoms with E-state index in [1.165, 1.54) is 29.4 Å². The third kappa shape index (κ3) is 5.07. The third-order valence-electron chi connectivity index (χ3n) is 5.42. The number of hydrogen-bond acceptors (Lipinski definition) is 4. The fourth-order valence-electron chi connectivity index (χ4n) is 3.76. The van der Waals surface area contributed by atoms with Crippen LogP contribution in [0.4, 0.5) is 10.1 Å². The molecule has 156 valence electrons. The SMILES string of the molecule is Cc1cccc(COc2coc(C[NH+]3CCN(c4ccc(F)cc4)CC3)cc2=O)c1. The molecule has 0 amide bonds. The molecule has 1 fully saturated rings. The maximum atomic E-state index is 13.1. The molecule has 5 nitrogen and oxygen atoms in total. The topological polar surface area (TPSA) is 47.1 Å². The molecule has 6 heteroatoms. The van der Waals surface area contributed by atoms with E-state index in [0.29, 0.717) is 18.9 Å². The van der Waals surface area contributed by atoms with Crippen molar-refractivity contribution in [2.45, 2.75) is 20.1 Å². The number of benzene rings is 2. The average molecular weight is 409 g/mol. The van der Waals surface area contributed by atoms with Crippen LogP contribution in [0, 0.1) is 12.7 Å². The lowest BCUT2D eigenvalue weighted by atomic mass is 10.1. The highest BCUT2D eigenvalue weighted by Gasteiger charge is 2.21. The molecule has 1 aromatic heterocycles. The number of piperazine rings is 1. The number of halogens is 1. The van der Waals surface area contributed by atoms with Gasteiger partial charge in [0.15, 0.2) is 5.76 Å². The van der Waals surface area contributed by atoms with Crippen LogP contribution in [0.25, 0.3) is 0 Å². The van der Waals surface area contributed by atoms with Crippen LogP contribution in [0.1, 0.15) is 16.9 Å². The largest absolute Gasteiger partial charge is 0.482 e. The first-order valence-corrected chi connectivity index (χ1v) is 10.2. The molecule has 2 aromatic carbocycles. The number of nitrogens with zero attached hydrogens (tertiary/aromatic N) is 1. The molecule has 0 radical (unpaired) electrons. The van der Waals surface area contributed by atoms with Gasteiger partial charge < -0.3 is 19.0 Å². The number of rotatable bonds is 6. The molecule has 1 saturated heterocycles. The van der Waals surface area contributed by atoms with Gasteiger partial charge in [-0.25, -0.2) is 4.39 Å². The van der Waals surface area contributed by atoms with Gasteiger partial charge in [0.2, 0.25) is 11.2 Å². The molecular weight excluding hydrogens is 383 g/mol. The minimum Gasteiger partial charge on any atom is -0.482 e. The zero-order valence-corrected chi connectivity index (χ0v) is 17.1. The van der Waals surface area contributed by atoms with Crippen LogP contribution in [0.3, 0.4) is 0 Å². The van der Waals surface area contributed by atoms with Crippen molar-refractivity contribution in [3.63, 3.8) is 0 Å². The van der Waals surface area contributed by atoms with E-state index in [9.17, 15) is 9.18 Å². The number of quaternary nitrogens is 1. The average Bonchev–Trinajstić information content (AvgIpc) is 2.74. The van der Waals surface area contributed by atoms with Crippen LogP contribution in [-0.2, 0) is 13.2 Å². The first kappa shape index (κ1) is 20.2. The summed E-state index contributed by atoms with van der Waals surface area (Å²) in [7, 11) is 0. The van der Waals surface area contributed by atoms with Gasteiger partial charge in [0, 0.05) is 11.8 Å². The third-order valence-corrected chi connectivity index (χ3v) is 5.42. The Bertz CT molecular complexity index is 1040. The standard InChI is InChI=1S/C24H25FN2O3/c1-18-3-2-4-19(13-18)16-30-24-17-29-22(14-23(24)28)15-26-9-11-27(12-10-26)21-7-5-20(25)6-8-21/h2-8,13-14,17H,9-12,15-16H2,1H3/p+1. The van der Waals surface area contributed by atoms with Gasteiger partial charge in [0.05, 0.1) is 26.2 Å². The van der Waals surface area contributed by atoms with Gasteiger partial charge in [-0.3, -0.25) is 4.79 Å². The Labute approximate surface area is 175 Å². The fraction of sp³-hybridized carbons (Fsp3) is 0.292. The number of nitrogens with one attached hydrogen (secondary N) is 1. The highest BCUT2D eigenvalue weighted by atomic mass is 19.1. The molecule has 2 heterocycles. The zero-order valence-electron chi connectivity index (χ0n) is 17.1. The summed E-state index contributed by atoms with van der Waals surface area (Å²) >= 11 is 0.